The zero-order chi connectivity index (χ0) is 7.23. The van der Waals surface area contributed by atoms with Crippen molar-refractivity contribution >= 4 is 31.6 Å². The largest absolute Gasteiger partial charge is 0.417 e. The molecule has 3 heteroatoms. The lowest BCUT2D eigenvalue weighted by Gasteiger charge is -2.06. The first-order valence-electron chi connectivity index (χ1n) is 3.97. The van der Waals surface area contributed by atoms with E-state index in [0.29, 0.717) is 0 Å². The van der Waals surface area contributed by atoms with Crippen LogP contribution in [0.5, 0.6) is 0 Å². The van der Waals surface area contributed by atoms with E-state index in [1.54, 1.807) is 0 Å². The van der Waals surface area contributed by atoms with E-state index in [0.717, 1.165) is 6.61 Å². The minimum atomic E-state index is -0.288. The van der Waals surface area contributed by atoms with Crippen molar-refractivity contribution in [2.75, 3.05) is 11.0 Å². The van der Waals surface area contributed by atoms with Crippen LogP contribution in [0.25, 0.3) is 0 Å². The lowest BCUT2D eigenvalue weighted by molar-refractivity contribution is 0.324. The summed E-state index contributed by atoms with van der Waals surface area (Å²) >= 11 is 2.41. The van der Waals surface area contributed by atoms with E-state index >= 15 is 0 Å². The normalized spacial score (nSPS) is 20.1. The second-order valence-corrected chi connectivity index (χ2v) is 6.08. The van der Waals surface area contributed by atoms with Crippen molar-refractivity contribution in [2.45, 2.75) is 31.4 Å². The second kappa shape index (κ2) is 5.54. The summed E-state index contributed by atoms with van der Waals surface area (Å²) in [6.07, 6.45) is 4.10. The number of hydrogen-bond acceptors (Lipinski definition) is 1. The van der Waals surface area contributed by atoms with Gasteiger partial charge in [0.2, 0.25) is 9.04 Å². The Labute approximate surface area is 78.4 Å². The highest BCUT2D eigenvalue weighted by molar-refractivity contribution is 14.1. The van der Waals surface area contributed by atoms with Crippen LogP contribution in [0.3, 0.4) is 0 Å². The van der Waals surface area contributed by atoms with Crippen molar-refractivity contribution in [1.29, 1.82) is 0 Å². The molecule has 1 radical (unpaired) electrons. The van der Waals surface area contributed by atoms with Crippen molar-refractivity contribution in [3.63, 3.8) is 0 Å². The van der Waals surface area contributed by atoms with Gasteiger partial charge in [-0.1, -0.05) is 35.4 Å². The maximum atomic E-state index is 5.74. The molecule has 1 fully saturated rings. The van der Waals surface area contributed by atoms with Crippen molar-refractivity contribution in [3.05, 3.63) is 0 Å². The van der Waals surface area contributed by atoms with Gasteiger partial charge in [-0.2, -0.15) is 0 Å². The standard InChI is InChI=1S/C7H14IOSi/c8-4-3-5-9-10-6-1-2-7-10/h1-7H2. The summed E-state index contributed by atoms with van der Waals surface area (Å²) in [5.74, 6) is 0. The minimum Gasteiger partial charge on any atom is -0.417 e. The van der Waals surface area contributed by atoms with E-state index in [-0.39, 0.29) is 9.04 Å². The maximum absolute atomic E-state index is 5.74. The van der Waals surface area contributed by atoms with Gasteiger partial charge in [0.15, 0.2) is 0 Å². The Bertz CT molecular complexity index is 83.7. The summed E-state index contributed by atoms with van der Waals surface area (Å²) < 4.78 is 6.98. The highest BCUT2D eigenvalue weighted by Gasteiger charge is 2.17. The van der Waals surface area contributed by atoms with Crippen molar-refractivity contribution in [2.24, 2.45) is 0 Å². The fourth-order valence-electron chi connectivity index (χ4n) is 1.18. The molecule has 0 unspecified atom stereocenters. The van der Waals surface area contributed by atoms with Crippen LogP contribution >= 0.6 is 22.6 Å². The minimum absolute atomic E-state index is 0.288. The van der Waals surface area contributed by atoms with Gasteiger partial charge in [0.1, 0.15) is 0 Å². The van der Waals surface area contributed by atoms with E-state index < -0.39 is 0 Å². The van der Waals surface area contributed by atoms with Gasteiger partial charge in [-0.25, -0.2) is 0 Å². The Morgan fingerprint density at radius 1 is 1.30 bits per heavy atom. The van der Waals surface area contributed by atoms with Gasteiger partial charge in [0.05, 0.1) is 0 Å². The third-order valence-corrected chi connectivity index (χ3v) is 4.94. The third-order valence-electron chi connectivity index (χ3n) is 1.75. The first-order valence-corrected chi connectivity index (χ1v) is 7.32. The summed E-state index contributed by atoms with van der Waals surface area (Å²) in [6.45, 7) is 1.03. The molecule has 1 rings (SSSR count). The Morgan fingerprint density at radius 3 is 2.60 bits per heavy atom. The molecular weight excluding hydrogens is 255 g/mol. The van der Waals surface area contributed by atoms with Crippen LogP contribution in [-0.2, 0) is 4.43 Å². The molecule has 0 aromatic carbocycles. The van der Waals surface area contributed by atoms with Crippen molar-refractivity contribution < 1.29 is 4.43 Å². The van der Waals surface area contributed by atoms with Gasteiger partial charge >= 0.3 is 0 Å². The molecule has 0 aromatic rings. The van der Waals surface area contributed by atoms with Crippen LogP contribution in [0.15, 0.2) is 0 Å². The summed E-state index contributed by atoms with van der Waals surface area (Å²) in [6, 6.07) is 2.82. The predicted octanol–water partition coefficient (Wildman–Crippen LogP) is 2.61. The molecule has 0 aliphatic carbocycles. The summed E-state index contributed by atoms with van der Waals surface area (Å²) in [5, 5.41) is 0. The summed E-state index contributed by atoms with van der Waals surface area (Å²) in [7, 11) is -0.288. The van der Waals surface area contributed by atoms with Crippen LogP contribution in [0.1, 0.15) is 19.3 Å². The van der Waals surface area contributed by atoms with E-state index in [1.165, 1.54) is 35.8 Å². The average molecular weight is 269 g/mol. The lowest BCUT2D eigenvalue weighted by atomic mass is 10.4. The average Bonchev–Trinajstić information content (AvgIpc) is 2.41. The van der Waals surface area contributed by atoms with Gasteiger partial charge in [-0.3, -0.25) is 0 Å². The Kier molecular flexibility index (Phi) is 4.99. The third kappa shape index (κ3) is 3.34. The molecule has 59 valence electrons. The molecular formula is C7H14IOSi. The van der Waals surface area contributed by atoms with E-state index in [2.05, 4.69) is 22.6 Å². The van der Waals surface area contributed by atoms with Gasteiger partial charge in [0.25, 0.3) is 0 Å². The molecule has 1 heterocycles. The molecule has 0 bridgehead atoms. The maximum Gasteiger partial charge on any atom is 0.211 e. The van der Waals surface area contributed by atoms with E-state index in [9.17, 15) is 0 Å². The number of hydrogen-bond donors (Lipinski definition) is 0. The molecule has 1 nitrogen and oxygen atoms in total. The quantitative estimate of drug-likeness (QED) is 0.330. The SMILES string of the molecule is ICCCO[Si]1CCCC1. The molecule has 0 N–H and O–H groups in total. The summed E-state index contributed by atoms with van der Waals surface area (Å²) in [5.41, 5.74) is 0. The molecule has 0 atom stereocenters. The van der Waals surface area contributed by atoms with Crippen molar-refractivity contribution in [3.8, 4) is 0 Å². The molecule has 1 aliphatic heterocycles. The predicted molar refractivity (Wildman–Crippen MR) is 54.1 cm³/mol. The van der Waals surface area contributed by atoms with Gasteiger partial charge in [-0.05, 0) is 18.5 Å². The molecule has 0 spiro atoms. The molecule has 10 heavy (non-hydrogen) atoms. The Morgan fingerprint density at radius 2 is 2.00 bits per heavy atom. The zero-order valence-corrected chi connectivity index (χ0v) is 9.39. The smallest absolute Gasteiger partial charge is 0.211 e. The highest BCUT2D eigenvalue weighted by atomic mass is 127. The van der Waals surface area contributed by atoms with Crippen LogP contribution in [-0.4, -0.2) is 20.1 Å². The fraction of sp³-hybridized carbons (Fsp3) is 1.00. The second-order valence-electron chi connectivity index (χ2n) is 2.64. The number of halogens is 1. The first-order chi connectivity index (χ1) is 4.93. The molecule has 1 saturated heterocycles. The van der Waals surface area contributed by atoms with E-state index in [4.69, 9.17) is 4.43 Å². The van der Waals surface area contributed by atoms with Crippen LogP contribution in [0, 0.1) is 0 Å². The molecule has 0 saturated carbocycles. The number of rotatable bonds is 4. The summed E-state index contributed by atoms with van der Waals surface area (Å²) in [4.78, 5) is 0. The van der Waals surface area contributed by atoms with Crippen LogP contribution in [0.4, 0.5) is 0 Å². The fourth-order valence-corrected chi connectivity index (χ4v) is 3.76. The van der Waals surface area contributed by atoms with Crippen molar-refractivity contribution in [1.82, 2.24) is 0 Å². The van der Waals surface area contributed by atoms with Gasteiger partial charge in [-0.15, -0.1) is 0 Å². The molecule has 0 aromatic heterocycles. The van der Waals surface area contributed by atoms with Crippen LogP contribution < -0.4 is 0 Å². The molecule has 0 amide bonds. The topological polar surface area (TPSA) is 9.23 Å². The monoisotopic (exact) mass is 269 g/mol. The first kappa shape index (κ1) is 9.00. The Hall–Kier alpha value is 0.907. The Balaban J connectivity index is 1.91. The molecule has 1 aliphatic rings. The van der Waals surface area contributed by atoms with Gasteiger partial charge < -0.3 is 4.43 Å². The van der Waals surface area contributed by atoms with Crippen LogP contribution in [0.2, 0.25) is 12.1 Å². The zero-order valence-electron chi connectivity index (χ0n) is 6.24. The van der Waals surface area contributed by atoms with E-state index in [1.807, 2.05) is 0 Å². The highest BCUT2D eigenvalue weighted by Crippen LogP contribution is 2.19. The lowest BCUT2D eigenvalue weighted by Crippen LogP contribution is -2.13. The van der Waals surface area contributed by atoms with Gasteiger partial charge in [0, 0.05) is 11.0 Å². The number of alkyl halides is 1.